The lowest BCUT2D eigenvalue weighted by atomic mass is 10.2. The summed E-state index contributed by atoms with van der Waals surface area (Å²) >= 11 is 1.68. The molecule has 0 spiro atoms. The van der Waals surface area contributed by atoms with Crippen LogP contribution in [0.2, 0.25) is 0 Å². The second-order valence-corrected chi connectivity index (χ2v) is 7.98. The summed E-state index contributed by atoms with van der Waals surface area (Å²) in [5, 5.41) is 7.08. The molecule has 29 heavy (non-hydrogen) atoms. The Morgan fingerprint density at radius 2 is 2.03 bits per heavy atom. The zero-order chi connectivity index (χ0) is 20.1. The number of thiazole rings is 1. The van der Waals surface area contributed by atoms with Gasteiger partial charge in [-0.25, -0.2) is 9.97 Å². The lowest BCUT2D eigenvalue weighted by Crippen LogP contribution is -2.29. The van der Waals surface area contributed by atoms with Crippen LogP contribution in [-0.2, 0) is 11.3 Å². The van der Waals surface area contributed by atoms with Crippen molar-refractivity contribution in [2.24, 2.45) is 0 Å². The Kier molecular flexibility index (Phi) is 5.97. The summed E-state index contributed by atoms with van der Waals surface area (Å²) in [6.07, 6.45) is 6.45. The first-order chi connectivity index (χ1) is 14.2. The average molecular weight is 406 g/mol. The predicted molar refractivity (Wildman–Crippen MR) is 118 cm³/mol. The monoisotopic (exact) mass is 405 g/mol. The molecular weight excluding hydrogens is 382 g/mol. The molecule has 0 bridgehead atoms. The quantitative estimate of drug-likeness (QED) is 0.433. The van der Waals surface area contributed by atoms with Gasteiger partial charge in [-0.15, -0.1) is 11.3 Å². The van der Waals surface area contributed by atoms with Gasteiger partial charge in [-0.1, -0.05) is 6.07 Å². The molecule has 1 amide bonds. The van der Waals surface area contributed by atoms with E-state index in [1.54, 1.807) is 23.9 Å². The van der Waals surface area contributed by atoms with Gasteiger partial charge in [0.2, 0.25) is 5.91 Å². The van der Waals surface area contributed by atoms with Crippen molar-refractivity contribution in [1.82, 2.24) is 19.9 Å². The molecule has 148 valence electrons. The molecule has 4 aromatic rings. The summed E-state index contributed by atoms with van der Waals surface area (Å²) in [6, 6.07) is 14.1. The fourth-order valence-electron chi connectivity index (χ4n) is 3.06. The first-order valence-corrected chi connectivity index (χ1v) is 10.4. The summed E-state index contributed by atoms with van der Waals surface area (Å²) in [5.41, 5.74) is 4.10. The maximum absolute atomic E-state index is 12.1. The number of aryl methyl sites for hydroxylation is 2. The smallest absolute Gasteiger partial charge is 0.238 e. The van der Waals surface area contributed by atoms with Crippen LogP contribution in [0.15, 0.2) is 61.2 Å². The Morgan fingerprint density at radius 3 is 2.83 bits per heavy atom. The molecule has 2 aromatic carbocycles. The number of fused-ring (bicyclic) bond motifs is 1. The maximum Gasteiger partial charge on any atom is 0.238 e. The number of nitrogens with zero attached hydrogens (tertiary/aromatic N) is 3. The van der Waals surface area contributed by atoms with Crippen LogP contribution in [0.1, 0.15) is 12.0 Å². The number of carbonyl (C=O) groups is 1. The zero-order valence-corrected chi connectivity index (χ0v) is 17.1. The minimum absolute atomic E-state index is 0.0455. The molecule has 0 radical (unpaired) electrons. The van der Waals surface area contributed by atoms with Gasteiger partial charge in [-0.3, -0.25) is 4.79 Å². The van der Waals surface area contributed by atoms with E-state index in [4.69, 9.17) is 4.98 Å². The Hall–Kier alpha value is -3.03. The molecule has 0 aliphatic rings. The molecule has 0 unspecified atom stereocenters. The maximum atomic E-state index is 12.1. The zero-order valence-electron chi connectivity index (χ0n) is 16.3. The second-order valence-electron chi connectivity index (χ2n) is 6.95. The van der Waals surface area contributed by atoms with Gasteiger partial charge in [0.15, 0.2) is 0 Å². The summed E-state index contributed by atoms with van der Waals surface area (Å²) < 4.78 is 3.21. The number of hydrogen-bond acceptors (Lipinski definition) is 5. The number of hydrogen-bond donors (Lipinski definition) is 2. The Labute approximate surface area is 173 Å². The second kappa shape index (κ2) is 8.98. The summed E-state index contributed by atoms with van der Waals surface area (Å²) in [7, 11) is 0. The van der Waals surface area contributed by atoms with Crippen molar-refractivity contribution >= 4 is 33.1 Å². The Bertz CT molecular complexity index is 1090. The number of anilines is 1. The van der Waals surface area contributed by atoms with E-state index in [-0.39, 0.29) is 5.91 Å². The van der Waals surface area contributed by atoms with Gasteiger partial charge >= 0.3 is 0 Å². The van der Waals surface area contributed by atoms with E-state index in [2.05, 4.69) is 40.7 Å². The van der Waals surface area contributed by atoms with Crippen molar-refractivity contribution in [2.45, 2.75) is 19.9 Å². The molecule has 0 saturated heterocycles. The number of aromatic nitrogens is 3. The van der Waals surface area contributed by atoms with Crippen LogP contribution in [0, 0.1) is 6.92 Å². The number of imidazole rings is 1. The van der Waals surface area contributed by atoms with E-state index in [1.807, 2.05) is 35.0 Å². The largest absolute Gasteiger partial charge is 0.337 e. The number of benzene rings is 2. The molecule has 2 N–H and O–H groups in total. The summed E-state index contributed by atoms with van der Waals surface area (Å²) in [5.74, 6) is -0.0455. The topological polar surface area (TPSA) is 71.8 Å². The van der Waals surface area contributed by atoms with Gasteiger partial charge < -0.3 is 15.2 Å². The third kappa shape index (κ3) is 5.07. The molecule has 0 aliphatic heterocycles. The average Bonchev–Trinajstić information content (AvgIpc) is 3.37. The van der Waals surface area contributed by atoms with E-state index in [0.29, 0.717) is 6.54 Å². The van der Waals surface area contributed by atoms with E-state index in [9.17, 15) is 4.79 Å². The molecule has 0 aliphatic carbocycles. The molecule has 7 heteroatoms. The van der Waals surface area contributed by atoms with Crippen molar-refractivity contribution in [1.29, 1.82) is 0 Å². The van der Waals surface area contributed by atoms with E-state index in [1.165, 1.54) is 10.3 Å². The minimum atomic E-state index is -0.0455. The Balaban J connectivity index is 1.26. The highest BCUT2D eigenvalue weighted by Crippen LogP contribution is 2.31. The number of rotatable bonds is 8. The van der Waals surface area contributed by atoms with Gasteiger partial charge in [0.05, 0.1) is 23.1 Å². The van der Waals surface area contributed by atoms with Crippen LogP contribution in [-0.4, -0.2) is 33.5 Å². The van der Waals surface area contributed by atoms with E-state index < -0.39 is 0 Å². The highest BCUT2D eigenvalue weighted by molar-refractivity contribution is 7.21. The van der Waals surface area contributed by atoms with Crippen LogP contribution in [0.4, 0.5) is 5.69 Å². The normalized spacial score (nSPS) is 11.1. The third-order valence-corrected chi connectivity index (χ3v) is 5.64. The van der Waals surface area contributed by atoms with Gasteiger partial charge in [-0.05, 0) is 61.9 Å². The van der Waals surface area contributed by atoms with Crippen LogP contribution >= 0.6 is 11.3 Å². The van der Waals surface area contributed by atoms with Crippen LogP contribution < -0.4 is 10.6 Å². The SMILES string of the molecule is Cc1ccc2nc(-c3ccc(NC(=O)CNCCCn4ccnc4)cc3)sc2c1. The number of nitrogens with one attached hydrogen (secondary N) is 2. The molecule has 0 atom stereocenters. The number of amides is 1. The van der Waals surface area contributed by atoms with Crippen molar-refractivity contribution in [3.63, 3.8) is 0 Å². The predicted octanol–water partition coefficient (Wildman–Crippen LogP) is 4.09. The minimum Gasteiger partial charge on any atom is -0.337 e. The molecule has 0 saturated carbocycles. The van der Waals surface area contributed by atoms with Gasteiger partial charge in [0.1, 0.15) is 5.01 Å². The van der Waals surface area contributed by atoms with Crippen LogP contribution in [0.5, 0.6) is 0 Å². The van der Waals surface area contributed by atoms with Crippen LogP contribution in [0.3, 0.4) is 0 Å². The lowest BCUT2D eigenvalue weighted by molar-refractivity contribution is -0.115. The standard InChI is InChI=1S/C22H23N5OS/c1-16-3-8-19-20(13-16)29-22(26-19)17-4-6-18(7-5-17)25-21(28)14-23-9-2-11-27-12-10-24-15-27/h3-8,10,12-13,15,23H,2,9,11,14H2,1H3,(H,25,28). The fraction of sp³-hybridized carbons (Fsp3) is 0.227. The Morgan fingerprint density at radius 1 is 1.17 bits per heavy atom. The van der Waals surface area contributed by atoms with Gasteiger partial charge in [0, 0.05) is 30.2 Å². The fourth-order valence-corrected chi connectivity index (χ4v) is 4.13. The first-order valence-electron chi connectivity index (χ1n) is 9.61. The highest BCUT2D eigenvalue weighted by Gasteiger charge is 2.07. The molecule has 2 heterocycles. The molecule has 2 aromatic heterocycles. The molecule has 4 rings (SSSR count). The van der Waals surface area contributed by atoms with Crippen molar-refractivity contribution in [3.8, 4) is 10.6 Å². The van der Waals surface area contributed by atoms with Crippen molar-refractivity contribution in [3.05, 3.63) is 66.7 Å². The van der Waals surface area contributed by atoms with E-state index >= 15 is 0 Å². The summed E-state index contributed by atoms with van der Waals surface area (Å²) in [6.45, 7) is 4.05. The van der Waals surface area contributed by atoms with Crippen molar-refractivity contribution < 1.29 is 4.79 Å². The van der Waals surface area contributed by atoms with Crippen LogP contribution in [0.25, 0.3) is 20.8 Å². The summed E-state index contributed by atoms with van der Waals surface area (Å²) in [4.78, 5) is 20.8. The van der Waals surface area contributed by atoms with Crippen molar-refractivity contribution in [2.75, 3.05) is 18.4 Å². The van der Waals surface area contributed by atoms with E-state index in [0.717, 1.165) is 41.3 Å². The molecule has 6 nitrogen and oxygen atoms in total. The lowest BCUT2D eigenvalue weighted by Gasteiger charge is -2.07. The molecule has 0 fully saturated rings. The first kappa shape index (κ1) is 19.3. The van der Waals surface area contributed by atoms with Gasteiger partial charge in [-0.2, -0.15) is 0 Å². The van der Waals surface area contributed by atoms with Gasteiger partial charge in [0.25, 0.3) is 0 Å². The molecular formula is C22H23N5OS. The highest BCUT2D eigenvalue weighted by atomic mass is 32.1. The third-order valence-electron chi connectivity index (χ3n) is 4.57. The number of carbonyl (C=O) groups excluding carboxylic acids is 1.